The van der Waals surface area contributed by atoms with Crippen LogP contribution in [0.25, 0.3) is 11.6 Å². The van der Waals surface area contributed by atoms with Gasteiger partial charge in [-0.2, -0.15) is 5.26 Å². The maximum absolute atomic E-state index is 12.1. The van der Waals surface area contributed by atoms with E-state index >= 15 is 0 Å². The molecule has 0 bridgehead atoms. The average Bonchev–Trinajstić information content (AvgIpc) is 2.68. The first-order valence-corrected chi connectivity index (χ1v) is 8.28. The molecule has 0 aliphatic rings. The van der Waals surface area contributed by atoms with Gasteiger partial charge in [0.1, 0.15) is 5.75 Å². The quantitative estimate of drug-likeness (QED) is 0.263. The van der Waals surface area contributed by atoms with E-state index in [-0.39, 0.29) is 0 Å². The topological polar surface area (TPSA) is 50.1 Å². The van der Waals surface area contributed by atoms with Crippen LogP contribution in [0.1, 0.15) is 21.5 Å². The van der Waals surface area contributed by atoms with Gasteiger partial charge in [-0.05, 0) is 53.6 Å². The maximum Gasteiger partial charge on any atom is 0.343 e. The van der Waals surface area contributed by atoms with Crippen LogP contribution in [0.4, 0.5) is 0 Å². The van der Waals surface area contributed by atoms with Crippen molar-refractivity contribution in [3.8, 4) is 11.8 Å². The number of nitrogens with zero attached hydrogens (tertiary/aromatic N) is 1. The molecule has 126 valence electrons. The van der Waals surface area contributed by atoms with Gasteiger partial charge in [-0.25, -0.2) is 4.79 Å². The minimum Gasteiger partial charge on any atom is -0.423 e. The number of ether oxygens (including phenoxy) is 1. The predicted octanol–water partition coefficient (Wildman–Crippen LogP) is 5.62. The fraction of sp³-hybridized carbons (Fsp3) is 0. The molecule has 0 saturated heterocycles. The molecule has 0 unspecified atom stereocenters. The Labute approximate surface area is 156 Å². The molecule has 26 heavy (non-hydrogen) atoms. The van der Waals surface area contributed by atoms with Crippen molar-refractivity contribution in [2.45, 2.75) is 0 Å². The molecule has 4 heteroatoms. The lowest BCUT2D eigenvalue weighted by Gasteiger charge is -2.05. The predicted molar refractivity (Wildman–Crippen MR) is 103 cm³/mol. The summed E-state index contributed by atoms with van der Waals surface area (Å²) in [5.41, 5.74) is 2.56. The van der Waals surface area contributed by atoms with E-state index in [9.17, 15) is 10.1 Å². The third-order valence-electron chi connectivity index (χ3n) is 3.67. The first kappa shape index (κ1) is 17.5. The Morgan fingerprint density at radius 1 is 0.923 bits per heavy atom. The molecular formula is C22H14ClNO2. The van der Waals surface area contributed by atoms with Crippen molar-refractivity contribution in [2.24, 2.45) is 0 Å². The van der Waals surface area contributed by atoms with Crippen LogP contribution >= 0.6 is 11.6 Å². The average molecular weight is 360 g/mol. The molecule has 0 amide bonds. The zero-order valence-electron chi connectivity index (χ0n) is 13.7. The van der Waals surface area contributed by atoms with Crippen LogP contribution < -0.4 is 4.74 Å². The molecule has 0 fully saturated rings. The van der Waals surface area contributed by atoms with Crippen LogP contribution in [0.15, 0.2) is 78.9 Å². The van der Waals surface area contributed by atoms with Crippen LogP contribution in [-0.2, 0) is 0 Å². The van der Waals surface area contributed by atoms with Crippen molar-refractivity contribution >= 4 is 29.2 Å². The molecule has 0 aromatic heterocycles. The number of rotatable bonds is 4. The van der Waals surface area contributed by atoms with Crippen molar-refractivity contribution in [3.05, 3.63) is 101 Å². The Hall–Kier alpha value is -3.35. The van der Waals surface area contributed by atoms with Gasteiger partial charge in [0.05, 0.1) is 17.2 Å². The molecule has 3 aromatic rings. The van der Waals surface area contributed by atoms with Crippen LogP contribution in [0.2, 0.25) is 5.02 Å². The summed E-state index contributed by atoms with van der Waals surface area (Å²) in [7, 11) is 0. The van der Waals surface area contributed by atoms with Crippen LogP contribution in [0.5, 0.6) is 5.75 Å². The summed E-state index contributed by atoms with van der Waals surface area (Å²) in [5.74, 6) is 0.0304. The largest absolute Gasteiger partial charge is 0.423 e. The highest BCUT2D eigenvalue weighted by atomic mass is 35.5. The Morgan fingerprint density at radius 2 is 1.62 bits per heavy atom. The highest BCUT2D eigenvalue weighted by Gasteiger charge is 2.07. The number of allylic oxidation sites excluding steroid dienone is 1. The number of nitriles is 1. The Kier molecular flexibility index (Phi) is 5.48. The van der Waals surface area contributed by atoms with Gasteiger partial charge < -0.3 is 4.74 Å². The molecule has 0 spiro atoms. The van der Waals surface area contributed by atoms with Gasteiger partial charge in [0.25, 0.3) is 0 Å². The molecule has 0 N–H and O–H groups in total. The number of halogens is 1. The molecule has 3 rings (SSSR count). The van der Waals surface area contributed by atoms with Gasteiger partial charge in [-0.15, -0.1) is 0 Å². The third kappa shape index (κ3) is 4.38. The summed E-state index contributed by atoms with van der Waals surface area (Å²) in [4.78, 5) is 12.1. The second kappa shape index (κ2) is 8.15. The van der Waals surface area contributed by atoms with E-state index in [2.05, 4.69) is 6.07 Å². The summed E-state index contributed by atoms with van der Waals surface area (Å²) in [6.07, 6.45) is 1.76. The molecule has 3 nitrogen and oxygen atoms in total. The lowest BCUT2D eigenvalue weighted by atomic mass is 10.0. The number of esters is 1. The van der Waals surface area contributed by atoms with E-state index in [0.29, 0.717) is 21.9 Å². The number of hydrogen-bond donors (Lipinski definition) is 0. The fourth-order valence-electron chi connectivity index (χ4n) is 2.38. The van der Waals surface area contributed by atoms with E-state index in [4.69, 9.17) is 16.3 Å². The summed E-state index contributed by atoms with van der Waals surface area (Å²) in [6, 6.07) is 25.1. The van der Waals surface area contributed by atoms with Crippen LogP contribution in [0, 0.1) is 11.3 Å². The first-order chi connectivity index (χ1) is 12.7. The SMILES string of the molecule is N#C/C(=C/c1ccc(OC(=O)c2ccccc2)cc1)c1cccc(Cl)c1. The van der Waals surface area contributed by atoms with Crippen molar-refractivity contribution in [1.29, 1.82) is 5.26 Å². The molecule has 0 saturated carbocycles. The zero-order valence-corrected chi connectivity index (χ0v) is 14.5. The van der Waals surface area contributed by atoms with Gasteiger partial charge in [-0.1, -0.05) is 54.1 Å². The van der Waals surface area contributed by atoms with Gasteiger partial charge >= 0.3 is 5.97 Å². The van der Waals surface area contributed by atoms with E-state index in [1.54, 1.807) is 72.8 Å². The van der Waals surface area contributed by atoms with Gasteiger partial charge in [0.15, 0.2) is 0 Å². The molecule has 3 aromatic carbocycles. The maximum atomic E-state index is 12.1. The number of hydrogen-bond acceptors (Lipinski definition) is 3. The van der Waals surface area contributed by atoms with Crippen molar-refractivity contribution in [2.75, 3.05) is 0 Å². The molecule has 0 aliphatic heterocycles. The van der Waals surface area contributed by atoms with Crippen molar-refractivity contribution in [3.63, 3.8) is 0 Å². The highest BCUT2D eigenvalue weighted by molar-refractivity contribution is 6.30. The standard InChI is InChI=1S/C22H14ClNO2/c23-20-8-4-7-18(14-20)19(15-24)13-16-9-11-21(12-10-16)26-22(25)17-5-2-1-3-6-17/h1-14H/b19-13-. The number of carbonyl (C=O) groups excluding carboxylic acids is 1. The van der Waals surface area contributed by atoms with Crippen molar-refractivity contribution in [1.82, 2.24) is 0 Å². The normalized spacial score (nSPS) is 10.8. The lowest BCUT2D eigenvalue weighted by Crippen LogP contribution is -2.07. The minimum absolute atomic E-state index is 0.412. The highest BCUT2D eigenvalue weighted by Crippen LogP contribution is 2.22. The molecule has 0 radical (unpaired) electrons. The first-order valence-electron chi connectivity index (χ1n) is 7.91. The molecule has 0 atom stereocenters. The Morgan fingerprint density at radius 3 is 2.27 bits per heavy atom. The van der Waals surface area contributed by atoms with E-state index in [1.165, 1.54) is 0 Å². The lowest BCUT2D eigenvalue weighted by molar-refractivity contribution is 0.0735. The molecular weight excluding hydrogens is 346 g/mol. The van der Waals surface area contributed by atoms with Crippen molar-refractivity contribution < 1.29 is 9.53 Å². The Balaban J connectivity index is 1.77. The fourth-order valence-corrected chi connectivity index (χ4v) is 2.57. The summed E-state index contributed by atoms with van der Waals surface area (Å²) < 4.78 is 5.35. The summed E-state index contributed by atoms with van der Waals surface area (Å²) in [6.45, 7) is 0. The Bertz CT molecular complexity index is 987. The second-order valence-corrected chi connectivity index (χ2v) is 5.94. The third-order valence-corrected chi connectivity index (χ3v) is 3.90. The van der Waals surface area contributed by atoms with E-state index in [0.717, 1.165) is 11.1 Å². The molecule has 0 aliphatic carbocycles. The molecule has 0 heterocycles. The van der Waals surface area contributed by atoms with E-state index in [1.807, 2.05) is 12.1 Å². The van der Waals surface area contributed by atoms with Gasteiger partial charge in [0.2, 0.25) is 0 Å². The van der Waals surface area contributed by atoms with Gasteiger partial charge in [0, 0.05) is 5.02 Å². The van der Waals surface area contributed by atoms with Gasteiger partial charge in [-0.3, -0.25) is 0 Å². The minimum atomic E-state index is -0.412. The van der Waals surface area contributed by atoms with Crippen LogP contribution in [-0.4, -0.2) is 5.97 Å². The number of carbonyl (C=O) groups is 1. The van der Waals surface area contributed by atoms with Crippen LogP contribution in [0.3, 0.4) is 0 Å². The summed E-state index contributed by atoms with van der Waals surface area (Å²) >= 11 is 5.98. The second-order valence-electron chi connectivity index (χ2n) is 5.50. The summed E-state index contributed by atoms with van der Waals surface area (Å²) in [5, 5.41) is 9.98. The van der Waals surface area contributed by atoms with E-state index < -0.39 is 5.97 Å². The zero-order chi connectivity index (χ0) is 18.4. The monoisotopic (exact) mass is 359 g/mol. The smallest absolute Gasteiger partial charge is 0.343 e. The number of benzene rings is 3.